The van der Waals surface area contributed by atoms with Gasteiger partial charge in [-0.05, 0) is 45.4 Å². The molecule has 0 aliphatic rings. The molecule has 0 unspecified atom stereocenters. The molecule has 1 amide bonds. The van der Waals surface area contributed by atoms with Gasteiger partial charge < -0.3 is 20.2 Å². The van der Waals surface area contributed by atoms with Crippen LogP contribution in [0.1, 0.15) is 50.0 Å². The smallest absolute Gasteiger partial charge is 0.407 e. The van der Waals surface area contributed by atoms with Crippen molar-refractivity contribution in [2.75, 3.05) is 11.9 Å². The Morgan fingerprint density at radius 2 is 1.81 bits per heavy atom. The molecule has 2 atom stereocenters. The Labute approximate surface area is 188 Å². The van der Waals surface area contributed by atoms with Gasteiger partial charge in [0.1, 0.15) is 11.9 Å². The summed E-state index contributed by atoms with van der Waals surface area (Å²) in [4.78, 5) is 36.4. The van der Waals surface area contributed by atoms with Crippen molar-refractivity contribution in [3.05, 3.63) is 64.7 Å². The predicted molar refractivity (Wildman–Crippen MR) is 123 cm³/mol. The molecule has 0 bridgehead atoms. The molecule has 0 fully saturated rings. The SMILES string of the molecule is C[C@H](C=O)C[C@@H](CNc1ccc(Cl)cc1C(=O)c1ccccc1)NC(=O)OC(C)(C)C. The third-order valence-corrected chi connectivity index (χ3v) is 4.65. The van der Waals surface area contributed by atoms with E-state index in [0.717, 1.165) is 6.29 Å². The first-order valence-electron chi connectivity index (χ1n) is 10.2. The molecular formula is C24H29ClN2O4. The number of hydrogen-bond donors (Lipinski definition) is 2. The number of nitrogens with one attached hydrogen (secondary N) is 2. The minimum Gasteiger partial charge on any atom is -0.444 e. The lowest BCUT2D eigenvalue weighted by Gasteiger charge is -2.25. The first-order valence-corrected chi connectivity index (χ1v) is 10.5. The Kier molecular flexibility index (Phi) is 8.63. The largest absolute Gasteiger partial charge is 0.444 e. The fourth-order valence-electron chi connectivity index (χ4n) is 3.01. The fraction of sp³-hybridized carbons (Fsp3) is 0.375. The van der Waals surface area contributed by atoms with Gasteiger partial charge in [-0.15, -0.1) is 0 Å². The van der Waals surface area contributed by atoms with Crippen LogP contribution in [0, 0.1) is 5.92 Å². The Hall–Kier alpha value is -2.86. The molecule has 0 spiro atoms. The van der Waals surface area contributed by atoms with E-state index in [1.807, 2.05) is 6.07 Å². The number of aldehydes is 1. The Morgan fingerprint density at radius 3 is 2.42 bits per heavy atom. The number of carbonyl (C=O) groups is 3. The summed E-state index contributed by atoms with van der Waals surface area (Å²) in [6.45, 7) is 7.42. The summed E-state index contributed by atoms with van der Waals surface area (Å²) in [6, 6.07) is 13.6. The van der Waals surface area contributed by atoms with E-state index in [9.17, 15) is 14.4 Å². The number of ether oxygens (including phenoxy) is 1. The molecule has 2 N–H and O–H groups in total. The van der Waals surface area contributed by atoms with Gasteiger partial charge in [-0.2, -0.15) is 0 Å². The van der Waals surface area contributed by atoms with Gasteiger partial charge >= 0.3 is 6.09 Å². The molecule has 2 aromatic rings. The minimum atomic E-state index is -0.635. The number of alkyl carbamates (subject to hydrolysis) is 1. The van der Waals surface area contributed by atoms with Gasteiger partial charge in [-0.3, -0.25) is 4.79 Å². The molecular weight excluding hydrogens is 416 g/mol. The summed E-state index contributed by atoms with van der Waals surface area (Å²) in [5, 5.41) is 6.48. The van der Waals surface area contributed by atoms with E-state index in [1.54, 1.807) is 70.2 Å². The van der Waals surface area contributed by atoms with E-state index in [0.29, 0.717) is 34.8 Å². The maximum Gasteiger partial charge on any atom is 0.407 e. The van der Waals surface area contributed by atoms with Crippen molar-refractivity contribution < 1.29 is 19.1 Å². The zero-order chi connectivity index (χ0) is 23.0. The molecule has 2 rings (SSSR count). The van der Waals surface area contributed by atoms with Gasteiger partial charge in [0.15, 0.2) is 5.78 Å². The molecule has 166 valence electrons. The van der Waals surface area contributed by atoms with Crippen LogP contribution >= 0.6 is 11.6 Å². The summed E-state index contributed by atoms with van der Waals surface area (Å²) in [5.74, 6) is -0.416. The molecule has 6 nitrogen and oxygen atoms in total. The number of anilines is 1. The topological polar surface area (TPSA) is 84.5 Å². The third-order valence-electron chi connectivity index (χ3n) is 4.41. The van der Waals surface area contributed by atoms with Gasteiger partial charge in [0.25, 0.3) is 0 Å². The minimum absolute atomic E-state index is 0.163. The lowest BCUT2D eigenvalue weighted by molar-refractivity contribution is -0.111. The second-order valence-electron chi connectivity index (χ2n) is 8.46. The van der Waals surface area contributed by atoms with Crippen LogP contribution in [0.25, 0.3) is 0 Å². The maximum atomic E-state index is 13.0. The zero-order valence-corrected chi connectivity index (χ0v) is 19.0. The number of halogens is 1. The van der Waals surface area contributed by atoms with Gasteiger partial charge in [-0.1, -0.05) is 48.9 Å². The molecule has 31 heavy (non-hydrogen) atoms. The first-order chi connectivity index (χ1) is 14.6. The van der Waals surface area contributed by atoms with Crippen molar-refractivity contribution in [3.63, 3.8) is 0 Å². The Bertz CT molecular complexity index is 910. The fourth-order valence-corrected chi connectivity index (χ4v) is 3.18. The highest BCUT2D eigenvalue weighted by molar-refractivity contribution is 6.31. The molecule has 7 heteroatoms. The van der Waals surface area contributed by atoms with E-state index < -0.39 is 11.7 Å². The molecule has 0 aromatic heterocycles. The van der Waals surface area contributed by atoms with Crippen LogP contribution in [-0.2, 0) is 9.53 Å². The van der Waals surface area contributed by atoms with Crippen molar-refractivity contribution in [1.29, 1.82) is 0 Å². The molecule has 0 saturated carbocycles. The number of carbonyl (C=O) groups excluding carboxylic acids is 3. The highest BCUT2D eigenvalue weighted by Crippen LogP contribution is 2.24. The van der Waals surface area contributed by atoms with E-state index in [1.165, 1.54) is 0 Å². The van der Waals surface area contributed by atoms with E-state index in [4.69, 9.17) is 16.3 Å². The van der Waals surface area contributed by atoms with Crippen LogP contribution in [0.2, 0.25) is 5.02 Å². The molecule has 0 aliphatic heterocycles. The van der Waals surface area contributed by atoms with Crippen LogP contribution in [0.4, 0.5) is 10.5 Å². The number of hydrogen-bond acceptors (Lipinski definition) is 5. The average molecular weight is 445 g/mol. The molecule has 0 radical (unpaired) electrons. The van der Waals surface area contributed by atoms with Crippen molar-refractivity contribution >= 4 is 35.5 Å². The number of rotatable bonds is 9. The summed E-state index contributed by atoms with van der Waals surface area (Å²) in [5.41, 5.74) is 0.932. The van der Waals surface area contributed by atoms with Crippen molar-refractivity contribution in [2.24, 2.45) is 5.92 Å². The van der Waals surface area contributed by atoms with Crippen molar-refractivity contribution in [2.45, 2.75) is 45.8 Å². The summed E-state index contributed by atoms with van der Waals surface area (Å²) in [7, 11) is 0. The van der Waals surface area contributed by atoms with Crippen molar-refractivity contribution in [1.82, 2.24) is 5.32 Å². The summed E-state index contributed by atoms with van der Waals surface area (Å²) < 4.78 is 5.33. The van der Waals surface area contributed by atoms with E-state index in [2.05, 4.69) is 10.6 Å². The maximum absolute atomic E-state index is 13.0. The molecule has 2 aromatic carbocycles. The predicted octanol–water partition coefficient (Wildman–Crippen LogP) is 5.10. The Balaban J connectivity index is 2.19. The highest BCUT2D eigenvalue weighted by atomic mass is 35.5. The van der Waals surface area contributed by atoms with Gasteiger partial charge in [0.2, 0.25) is 0 Å². The van der Waals surface area contributed by atoms with Gasteiger partial charge in [0.05, 0.1) is 6.04 Å². The third kappa shape index (κ3) is 8.06. The normalized spacial score (nSPS) is 13.1. The van der Waals surface area contributed by atoms with Crippen LogP contribution < -0.4 is 10.6 Å². The molecule has 0 heterocycles. The van der Waals surface area contributed by atoms with Crippen LogP contribution in [0.3, 0.4) is 0 Å². The van der Waals surface area contributed by atoms with E-state index in [-0.39, 0.29) is 17.7 Å². The Morgan fingerprint density at radius 1 is 1.13 bits per heavy atom. The second kappa shape index (κ2) is 11.0. The van der Waals surface area contributed by atoms with Gasteiger partial charge in [0, 0.05) is 34.3 Å². The molecule has 0 aliphatic carbocycles. The van der Waals surface area contributed by atoms with Gasteiger partial charge in [-0.25, -0.2) is 4.79 Å². The number of ketones is 1. The second-order valence-corrected chi connectivity index (χ2v) is 8.89. The quantitative estimate of drug-likeness (QED) is 0.415. The average Bonchev–Trinajstić information content (AvgIpc) is 2.71. The van der Waals surface area contributed by atoms with E-state index >= 15 is 0 Å². The molecule has 0 saturated heterocycles. The number of amides is 1. The lowest BCUT2D eigenvalue weighted by Crippen LogP contribution is -2.43. The van der Waals surface area contributed by atoms with Crippen LogP contribution in [-0.4, -0.2) is 36.4 Å². The lowest BCUT2D eigenvalue weighted by atomic mass is 10.0. The monoisotopic (exact) mass is 444 g/mol. The highest BCUT2D eigenvalue weighted by Gasteiger charge is 2.22. The first kappa shape index (κ1) is 24.4. The van der Waals surface area contributed by atoms with Crippen LogP contribution in [0.5, 0.6) is 0 Å². The standard InChI is InChI=1S/C24H29ClN2O4/c1-16(15-28)12-19(27-23(30)31-24(2,3)4)14-26-21-11-10-18(25)13-20(21)22(29)17-8-6-5-7-9-17/h5-11,13,15-16,19,26H,12,14H2,1-4H3,(H,27,30)/t16-,19-/m0/s1. The van der Waals surface area contributed by atoms with Crippen molar-refractivity contribution in [3.8, 4) is 0 Å². The summed E-state index contributed by atoms with van der Waals surface area (Å²) >= 11 is 6.14. The summed E-state index contributed by atoms with van der Waals surface area (Å²) in [6.07, 6.45) is 0.705. The zero-order valence-electron chi connectivity index (χ0n) is 18.3. The van der Waals surface area contributed by atoms with Crippen LogP contribution in [0.15, 0.2) is 48.5 Å². The number of benzene rings is 2.